The van der Waals surface area contributed by atoms with Gasteiger partial charge >= 0.3 is 5.97 Å². The van der Waals surface area contributed by atoms with Crippen molar-refractivity contribution in [3.05, 3.63) is 192 Å². The lowest BCUT2D eigenvalue weighted by atomic mass is 10.0. The largest absolute Gasteiger partial charge is 0.480 e. The van der Waals surface area contributed by atoms with E-state index in [0.29, 0.717) is 77.9 Å². The van der Waals surface area contributed by atoms with E-state index in [1.165, 1.54) is 46.8 Å². The summed E-state index contributed by atoms with van der Waals surface area (Å²) in [6.45, 7) is 9.61. The Morgan fingerprint density at radius 1 is 0.556 bits per heavy atom. The van der Waals surface area contributed by atoms with Crippen molar-refractivity contribution < 1.29 is 42.7 Å². The summed E-state index contributed by atoms with van der Waals surface area (Å²) >= 11 is 12.4. The molecule has 5 N–H and O–H groups in total. The number of halogens is 4. The minimum atomic E-state index is -1.02. The normalized spacial score (nSPS) is 10.8. The maximum absolute atomic E-state index is 15.4. The number of Topliss-reactive ketones (excluding diaryl/α,β-unsaturated/α-hetero) is 2. The fourth-order valence-electron chi connectivity index (χ4n) is 9.25. The molecular formula is C66H65Cl2F2N13O7. The maximum atomic E-state index is 15.4. The predicted molar refractivity (Wildman–Crippen MR) is 346 cm³/mol. The number of nitrogens with one attached hydrogen (secondary N) is 4. The van der Waals surface area contributed by atoms with E-state index in [-0.39, 0.29) is 78.9 Å². The second-order valence-electron chi connectivity index (χ2n) is 20.9. The van der Waals surface area contributed by atoms with Crippen molar-refractivity contribution in [1.29, 1.82) is 0 Å². The first-order valence-corrected chi connectivity index (χ1v) is 28.7. The highest BCUT2D eigenvalue weighted by Crippen LogP contribution is 2.35. The summed E-state index contributed by atoms with van der Waals surface area (Å²) in [5.74, 6) is -3.32. The fourth-order valence-corrected chi connectivity index (χ4v) is 9.73. The van der Waals surface area contributed by atoms with Crippen molar-refractivity contribution in [2.24, 2.45) is 5.92 Å². The van der Waals surface area contributed by atoms with Gasteiger partial charge in [0, 0.05) is 80.8 Å². The van der Waals surface area contributed by atoms with E-state index in [9.17, 15) is 33.2 Å². The lowest BCUT2D eigenvalue weighted by Crippen LogP contribution is -2.44. The van der Waals surface area contributed by atoms with Crippen molar-refractivity contribution in [1.82, 2.24) is 44.4 Å². The van der Waals surface area contributed by atoms with Crippen LogP contribution in [0, 0.1) is 17.6 Å². The molecule has 0 saturated carbocycles. The van der Waals surface area contributed by atoms with Gasteiger partial charge in [0.1, 0.15) is 43.7 Å². The standard InChI is InChI=1S/C32H29ClFN7O3.C18H19ClFNO.C15H13N5O3.CH4/c1-19(2)40(16-29(43)38-27-10-6-8-24(31(27)34)23-7-4-5-9-26(23)33)30(44)17-41-28-12-11-21(37-22-14-35-18-36-15-22)13-25(28)32(39-41)20(3)42;1-12(2)10-11-17(22)21-16-9-5-7-14(18(16)20)13-6-3-4-8-15(13)19;1-9(21)15-12-4-10(18-11-5-16-8-17-6-11)2-3-13(12)20(19-15)7-14(22)23;/h4-15,18-19,37H,16-17H2,1-3H3,(H,38,43);3-9,12H,10-11H2,1-2H3,(H,21,22);2-6,8,18H,7H2,1H3,(H,22,23);1H4. The summed E-state index contributed by atoms with van der Waals surface area (Å²) < 4.78 is 32.8. The number of fused-ring (bicyclic) bond motifs is 2. The zero-order chi connectivity index (χ0) is 63.9. The third kappa shape index (κ3) is 17.3. The highest BCUT2D eigenvalue weighted by Gasteiger charge is 2.25. The molecule has 20 nitrogen and oxygen atoms in total. The molecule has 0 saturated heterocycles. The van der Waals surface area contributed by atoms with Gasteiger partial charge in [-0.05, 0) is 86.8 Å². The van der Waals surface area contributed by atoms with Gasteiger partial charge in [-0.3, -0.25) is 38.1 Å². The molecule has 90 heavy (non-hydrogen) atoms. The van der Waals surface area contributed by atoms with Crippen LogP contribution < -0.4 is 21.3 Å². The Kier molecular flexibility index (Phi) is 23.2. The Labute approximate surface area is 527 Å². The van der Waals surface area contributed by atoms with Crippen LogP contribution in [0.3, 0.4) is 0 Å². The molecule has 3 amide bonds. The molecule has 464 valence electrons. The molecule has 0 atom stereocenters. The predicted octanol–water partition coefficient (Wildman–Crippen LogP) is 14.1. The summed E-state index contributed by atoms with van der Waals surface area (Å²) in [5, 5.41) is 31.0. The number of anilines is 6. The number of benzene rings is 6. The van der Waals surface area contributed by atoms with Gasteiger partial charge in [-0.15, -0.1) is 0 Å². The number of carboxylic acid groups (broad SMARTS) is 1. The van der Waals surface area contributed by atoms with Crippen LogP contribution >= 0.6 is 23.2 Å². The molecule has 0 aliphatic rings. The van der Waals surface area contributed by atoms with Gasteiger partial charge in [-0.2, -0.15) is 10.2 Å². The van der Waals surface area contributed by atoms with Gasteiger partial charge in [0.25, 0.3) is 0 Å². The molecule has 0 spiro atoms. The molecule has 0 aliphatic carbocycles. The molecular weight excluding hydrogens is 1200 g/mol. The molecule has 10 aromatic rings. The molecule has 24 heteroatoms. The van der Waals surface area contributed by atoms with Crippen LogP contribution in [0.25, 0.3) is 44.1 Å². The molecule has 6 aromatic carbocycles. The Hall–Kier alpha value is -10.3. The first-order chi connectivity index (χ1) is 42.6. The van der Waals surface area contributed by atoms with Gasteiger partial charge in [-0.25, -0.2) is 28.7 Å². The molecule has 10 rings (SSSR count). The first-order valence-electron chi connectivity index (χ1n) is 27.9. The van der Waals surface area contributed by atoms with Crippen LogP contribution in [0.4, 0.5) is 42.9 Å². The summed E-state index contributed by atoms with van der Waals surface area (Å²) in [4.78, 5) is 90.8. The number of aromatic nitrogens is 8. The number of carbonyl (C=O) groups is 6. The molecule has 0 aliphatic heterocycles. The SMILES string of the molecule is C.CC(=O)c1nn(CC(=O)N(CC(=O)Nc2cccc(-c3ccccc3Cl)c2F)C(C)C)c2ccc(Nc3cncnc3)cc12.CC(=O)c1nn(CC(=O)O)c2ccc(Nc3cncnc3)cc12.CC(C)CCC(=O)Nc1cccc(-c2ccccc2Cl)c1F. The molecule has 0 bridgehead atoms. The third-order valence-corrected chi connectivity index (χ3v) is 14.2. The number of rotatable bonds is 20. The van der Waals surface area contributed by atoms with Gasteiger partial charge < -0.3 is 31.3 Å². The van der Waals surface area contributed by atoms with E-state index < -0.39 is 29.4 Å². The van der Waals surface area contributed by atoms with E-state index in [0.717, 1.165) is 12.1 Å². The van der Waals surface area contributed by atoms with Crippen molar-refractivity contribution in [2.75, 3.05) is 27.8 Å². The highest BCUT2D eigenvalue weighted by molar-refractivity contribution is 6.33. The smallest absolute Gasteiger partial charge is 0.325 e. The minimum absolute atomic E-state index is 0. The van der Waals surface area contributed by atoms with Crippen LogP contribution in [-0.4, -0.2) is 97.3 Å². The van der Waals surface area contributed by atoms with Crippen molar-refractivity contribution in [2.45, 2.75) is 80.9 Å². The van der Waals surface area contributed by atoms with Crippen molar-refractivity contribution >= 4 is 114 Å². The Balaban J connectivity index is 0.000000211. The highest BCUT2D eigenvalue weighted by atomic mass is 35.5. The minimum Gasteiger partial charge on any atom is -0.480 e. The zero-order valence-electron chi connectivity index (χ0n) is 49.1. The summed E-state index contributed by atoms with van der Waals surface area (Å²) in [7, 11) is 0. The number of carbonyl (C=O) groups excluding carboxylic acids is 5. The summed E-state index contributed by atoms with van der Waals surface area (Å²) in [5.41, 5.74) is 6.29. The number of ketones is 2. The summed E-state index contributed by atoms with van der Waals surface area (Å²) in [6, 6.07) is 33.7. The van der Waals surface area contributed by atoms with Crippen LogP contribution in [0.2, 0.25) is 10.0 Å². The Morgan fingerprint density at radius 2 is 0.978 bits per heavy atom. The molecule has 0 fully saturated rings. The second kappa shape index (κ2) is 31.0. The number of hydrogen-bond acceptors (Lipinski definition) is 14. The maximum Gasteiger partial charge on any atom is 0.325 e. The van der Waals surface area contributed by atoms with Crippen molar-refractivity contribution in [3.63, 3.8) is 0 Å². The van der Waals surface area contributed by atoms with E-state index in [1.54, 1.807) is 154 Å². The molecule has 0 unspecified atom stereocenters. The Morgan fingerprint density at radius 3 is 1.39 bits per heavy atom. The molecule has 4 aromatic heterocycles. The molecule has 4 heterocycles. The number of aliphatic carboxylic acids is 1. The first kappa shape index (κ1) is 67.2. The van der Waals surface area contributed by atoms with Gasteiger partial charge in [0.05, 0.1) is 58.6 Å². The van der Waals surface area contributed by atoms with Gasteiger partial charge in [0.15, 0.2) is 23.2 Å². The number of nitrogens with zero attached hydrogens (tertiary/aromatic N) is 9. The third-order valence-electron chi connectivity index (χ3n) is 13.5. The fraction of sp³-hybridized carbons (Fsp3) is 0.212. The lowest BCUT2D eigenvalue weighted by molar-refractivity contribution is -0.138. The quantitative estimate of drug-likeness (QED) is 0.0444. The van der Waals surface area contributed by atoms with E-state index in [4.69, 9.17) is 28.3 Å². The van der Waals surface area contributed by atoms with E-state index >= 15 is 4.39 Å². The number of carboxylic acids is 1. The summed E-state index contributed by atoms with van der Waals surface area (Å²) in [6.07, 6.45) is 10.5. The average Bonchev–Trinajstić information content (AvgIpc) is 1.70. The topological polar surface area (TPSA) is 261 Å². The number of amides is 3. The average molecular weight is 1260 g/mol. The van der Waals surface area contributed by atoms with Gasteiger partial charge in [-0.1, -0.05) is 105 Å². The number of hydrogen-bond donors (Lipinski definition) is 5. The Bertz CT molecular complexity index is 4220. The second-order valence-corrected chi connectivity index (χ2v) is 21.7. The van der Waals surface area contributed by atoms with Gasteiger partial charge in [0.2, 0.25) is 17.7 Å². The van der Waals surface area contributed by atoms with Crippen LogP contribution in [0.5, 0.6) is 0 Å². The van der Waals surface area contributed by atoms with Crippen LogP contribution in [-0.2, 0) is 32.3 Å². The van der Waals surface area contributed by atoms with Crippen LogP contribution in [0.1, 0.15) is 82.8 Å². The van der Waals surface area contributed by atoms with E-state index in [1.807, 2.05) is 13.8 Å². The monoisotopic (exact) mass is 1260 g/mol. The lowest BCUT2D eigenvalue weighted by Gasteiger charge is -2.26. The molecule has 0 radical (unpaired) electrons. The van der Waals surface area contributed by atoms with E-state index in [2.05, 4.69) is 51.4 Å². The van der Waals surface area contributed by atoms with Crippen molar-refractivity contribution in [3.8, 4) is 22.3 Å². The zero-order valence-corrected chi connectivity index (χ0v) is 50.6. The van der Waals surface area contributed by atoms with Crippen LogP contribution in [0.15, 0.2) is 159 Å².